The molecule has 9 heteroatoms. The minimum atomic E-state index is -4.26. The van der Waals surface area contributed by atoms with Crippen LogP contribution in [0.5, 0.6) is 0 Å². The standard InChI is InChI=1S/C34H66NO7P/c1-3-5-7-9-11-12-13-14-15-16-17-18-19-20-21-23-25-27-34(36)42-33(32-41-43(37,38)40-30-28-35)31-39-29-26-24-22-10-8-6-4-2/h11-12,14-15,33H,3-10,13,16-32,35H2,1-2H3,(H,37,38)/b12-11-,15-14-. The maximum absolute atomic E-state index is 12.4. The first kappa shape index (κ1) is 42.0. The molecule has 0 amide bonds. The van der Waals surface area contributed by atoms with Crippen LogP contribution in [0.1, 0.15) is 149 Å². The summed E-state index contributed by atoms with van der Waals surface area (Å²) in [7, 11) is -4.26. The number of unbranched alkanes of at least 4 members (excludes halogenated alkanes) is 16. The second-order valence-corrected chi connectivity index (χ2v) is 12.8. The van der Waals surface area contributed by atoms with Gasteiger partial charge in [-0.15, -0.1) is 0 Å². The normalized spacial score (nSPS) is 14.0. The van der Waals surface area contributed by atoms with Crippen LogP contribution in [-0.4, -0.2) is 49.9 Å². The fourth-order valence-corrected chi connectivity index (χ4v) is 5.32. The van der Waals surface area contributed by atoms with Crippen molar-refractivity contribution >= 4 is 13.8 Å². The van der Waals surface area contributed by atoms with Crippen molar-refractivity contribution in [3.05, 3.63) is 24.3 Å². The van der Waals surface area contributed by atoms with E-state index in [4.69, 9.17) is 24.3 Å². The van der Waals surface area contributed by atoms with E-state index in [-0.39, 0.29) is 32.3 Å². The van der Waals surface area contributed by atoms with Gasteiger partial charge < -0.3 is 20.1 Å². The molecule has 0 fully saturated rings. The molecule has 0 aromatic rings. The van der Waals surface area contributed by atoms with Crippen LogP contribution >= 0.6 is 7.82 Å². The van der Waals surface area contributed by atoms with E-state index in [1.807, 2.05) is 0 Å². The van der Waals surface area contributed by atoms with Crippen LogP contribution in [0.3, 0.4) is 0 Å². The van der Waals surface area contributed by atoms with E-state index in [1.165, 1.54) is 83.5 Å². The SMILES string of the molecule is CCCCC/C=C\C/C=C\CCCCCCCCCC(=O)OC(COCCCCCCCCC)COP(=O)(O)OCCN. The van der Waals surface area contributed by atoms with Gasteiger partial charge in [0.2, 0.25) is 0 Å². The zero-order chi connectivity index (χ0) is 31.7. The Kier molecular flexibility index (Phi) is 31.6. The molecule has 2 atom stereocenters. The molecule has 254 valence electrons. The van der Waals surface area contributed by atoms with E-state index >= 15 is 0 Å². The molecule has 0 heterocycles. The summed E-state index contributed by atoms with van der Waals surface area (Å²) in [5.41, 5.74) is 5.33. The number of rotatable bonds is 33. The highest BCUT2D eigenvalue weighted by Crippen LogP contribution is 2.43. The molecule has 0 aliphatic heterocycles. The molecule has 3 N–H and O–H groups in total. The predicted molar refractivity (Wildman–Crippen MR) is 178 cm³/mol. The van der Waals surface area contributed by atoms with Crippen LogP contribution < -0.4 is 5.73 Å². The van der Waals surface area contributed by atoms with Crippen molar-refractivity contribution in [1.82, 2.24) is 0 Å². The van der Waals surface area contributed by atoms with Gasteiger partial charge in [0.25, 0.3) is 0 Å². The Bertz CT molecular complexity index is 717. The van der Waals surface area contributed by atoms with Crippen molar-refractivity contribution in [1.29, 1.82) is 0 Å². The van der Waals surface area contributed by atoms with E-state index in [1.54, 1.807) is 0 Å². The van der Waals surface area contributed by atoms with Crippen molar-refractivity contribution in [3.8, 4) is 0 Å². The number of esters is 1. The molecule has 0 spiro atoms. The molecular weight excluding hydrogens is 565 g/mol. The Labute approximate surface area is 264 Å². The molecule has 0 aromatic heterocycles. The lowest BCUT2D eigenvalue weighted by Crippen LogP contribution is -2.28. The number of hydrogen-bond acceptors (Lipinski definition) is 7. The number of carbonyl (C=O) groups excluding carboxylic acids is 1. The predicted octanol–water partition coefficient (Wildman–Crippen LogP) is 9.35. The van der Waals surface area contributed by atoms with Crippen molar-refractivity contribution < 1.29 is 32.8 Å². The number of ether oxygens (including phenoxy) is 2. The topological polar surface area (TPSA) is 117 Å². The van der Waals surface area contributed by atoms with Crippen LogP contribution in [-0.2, 0) is 27.9 Å². The molecule has 43 heavy (non-hydrogen) atoms. The molecule has 2 unspecified atom stereocenters. The van der Waals surface area contributed by atoms with Gasteiger partial charge in [-0.2, -0.15) is 0 Å². The molecule has 0 saturated heterocycles. The van der Waals surface area contributed by atoms with Crippen LogP contribution in [0, 0.1) is 0 Å². The van der Waals surface area contributed by atoms with Gasteiger partial charge >= 0.3 is 13.8 Å². The maximum Gasteiger partial charge on any atom is 0.472 e. The number of nitrogens with two attached hydrogens (primary N) is 1. The Morgan fingerprint density at radius 1 is 0.698 bits per heavy atom. The Balaban J connectivity index is 4.06. The second kappa shape index (κ2) is 32.4. The van der Waals surface area contributed by atoms with Crippen molar-refractivity contribution in [2.45, 2.75) is 155 Å². The quantitative estimate of drug-likeness (QED) is 0.0318. The zero-order valence-corrected chi connectivity index (χ0v) is 28.6. The first-order valence-corrected chi connectivity index (χ1v) is 18.8. The third-order valence-corrected chi connectivity index (χ3v) is 8.11. The molecule has 0 saturated carbocycles. The fraction of sp³-hybridized carbons (Fsp3) is 0.853. The third-order valence-electron chi connectivity index (χ3n) is 7.12. The summed E-state index contributed by atoms with van der Waals surface area (Å²) < 4.78 is 33.1. The van der Waals surface area contributed by atoms with Gasteiger partial charge in [0.1, 0.15) is 6.10 Å². The number of allylic oxidation sites excluding steroid dienone is 4. The zero-order valence-electron chi connectivity index (χ0n) is 27.7. The summed E-state index contributed by atoms with van der Waals surface area (Å²) in [4.78, 5) is 22.2. The molecular formula is C34H66NO7P. The average Bonchev–Trinajstić information content (AvgIpc) is 2.99. The highest BCUT2D eigenvalue weighted by atomic mass is 31.2. The number of carbonyl (C=O) groups is 1. The van der Waals surface area contributed by atoms with E-state index in [2.05, 4.69) is 38.2 Å². The molecule has 8 nitrogen and oxygen atoms in total. The van der Waals surface area contributed by atoms with Gasteiger partial charge in [-0.05, 0) is 44.9 Å². The lowest BCUT2D eigenvalue weighted by molar-refractivity contribution is -0.154. The van der Waals surface area contributed by atoms with Crippen LogP contribution in [0.2, 0.25) is 0 Å². The third kappa shape index (κ3) is 32.2. The highest BCUT2D eigenvalue weighted by Gasteiger charge is 2.25. The summed E-state index contributed by atoms with van der Waals surface area (Å²) in [6, 6.07) is 0. The van der Waals surface area contributed by atoms with E-state index in [9.17, 15) is 14.3 Å². The first-order chi connectivity index (χ1) is 20.9. The number of phosphoric acid groups is 1. The Morgan fingerprint density at radius 3 is 1.86 bits per heavy atom. The van der Waals surface area contributed by atoms with Gasteiger partial charge in [0.15, 0.2) is 0 Å². The summed E-state index contributed by atoms with van der Waals surface area (Å²) in [5, 5.41) is 0. The Hall–Kier alpha value is -1.02. The number of phosphoric ester groups is 1. The van der Waals surface area contributed by atoms with Crippen LogP contribution in [0.4, 0.5) is 0 Å². The molecule has 0 aliphatic carbocycles. The summed E-state index contributed by atoms with van der Waals surface area (Å²) >= 11 is 0. The summed E-state index contributed by atoms with van der Waals surface area (Å²) in [6.07, 6.45) is 31.9. The average molecular weight is 632 g/mol. The minimum absolute atomic E-state index is 0.0961. The smallest absolute Gasteiger partial charge is 0.457 e. The minimum Gasteiger partial charge on any atom is -0.457 e. The van der Waals surface area contributed by atoms with Crippen LogP contribution in [0.25, 0.3) is 0 Å². The van der Waals surface area contributed by atoms with E-state index < -0.39 is 13.9 Å². The van der Waals surface area contributed by atoms with E-state index in [0.717, 1.165) is 44.9 Å². The van der Waals surface area contributed by atoms with Gasteiger partial charge in [-0.1, -0.05) is 122 Å². The number of hydrogen-bond donors (Lipinski definition) is 2. The maximum atomic E-state index is 12.4. The van der Waals surface area contributed by atoms with Gasteiger partial charge in [-0.25, -0.2) is 4.57 Å². The lowest BCUT2D eigenvalue weighted by Gasteiger charge is -2.20. The fourth-order valence-electron chi connectivity index (χ4n) is 4.55. The van der Waals surface area contributed by atoms with Gasteiger partial charge in [0, 0.05) is 19.6 Å². The highest BCUT2D eigenvalue weighted by molar-refractivity contribution is 7.47. The molecule has 0 radical (unpaired) electrons. The lowest BCUT2D eigenvalue weighted by atomic mass is 10.1. The summed E-state index contributed by atoms with van der Waals surface area (Å²) in [6.45, 7) is 4.84. The van der Waals surface area contributed by atoms with Crippen molar-refractivity contribution in [3.63, 3.8) is 0 Å². The van der Waals surface area contributed by atoms with Crippen molar-refractivity contribution in [2.75, 3.05) is 33.0 Å². The monoisotopic (exact) mass is 631 g/mol. The second-order valence-electron chi connectivity index (χ2n) is 11.4. The summed E-state index contributed by atoms with van der Waals surface area (Å²) in [5.74, 6) is -0.341. The van der Waals surface area contributed by atoms with Crippen LogP contribution in [0.15, 0.2) is 24.3 Å². The molecule has 0 aliphatic rings. The first-order valence-electron chi connectivity index (χ1n) is 17.3. The Morgan fingerprint density at radius 2 is 1.23 bits per heavy atom. The molecule has 0 aromatic carbocycles. The molecule has 0 bridgehead atoms. The van der Waals surface area contributed by atoms with Gasteiger partial charge in [-0.3, -0.25) is 13.8 Å². The van der Waals surface area contributed by atoms with E-state index in [0.29, 0.717) is 13.0 Å². The van der Waals surface area contributed by atoms with Crippen molar-refractivity contribution in [2.24, 2.45) is 5.73 Å². The molecule has 0 rings (SSSR count). The van der Waals surface area contributed by atoms with Gasteiger partial charge in [0.05, 0.1) is 19.8 Å². The largest absolute Gasteiger partial charge is 0.472 e.